The Labute approximate surface area is 368 Å². The Balaban J connectivity index is 1.39. The number of carbonyl (C=O) groups excluding carboxylic acids is 3. The van der Waals surface area contributed by atoms with Crippen LogP contribution in [0.1, 0.15) is 20.8 Å². The molecule has 16 N–H and O–H groups in total. The van der Waals surface area contributed by atoms with E-state index < -0.39 is 197 Å². The molecule has 5 fully saturated rings. The number of amides is 3. The largest absolute Gasteiger partial charge is 0.479 e. The summed E-state index contributed by atoms with van der Waals surface area (Å²) < 4.78 is 50.2. The Morgan fingerprint density at radius 3 is 1.46 bits per heavy atom. The Kier molecular flexibility index (Phi) is 18.3. The van der Waals surface area contributed by atoms with Crippen LogP contribution in [0, 0.1) is 0 Å². The van der Waals surface area contributed by atoms with Crippen molar-refractivity contribution in [3.63, 3.8) is 0 Å². The van der Waals surface area contributed by atoms with Crippen molar-refractivity contribution in [2.24, 2.45) is 0 Å². The lowest BCUT2D eigenvalue weighted by Gasteiger charge is -2.50. The molecule has 29 heteroatoms. The van der Waals surface area contributed by atoms with Crippen molar-refractivity contribution in [1.82, 2.24) is 16.0 Å². The van der Waals surface area contributed by atoms with Crippen LogP contribution in [0.3, 0.4) is 0 Å². The highest BCUT2D eigenvalue weighted by Crippen LogP contribution is 2.35. The number of hydrogen-bond acceptors (Lipinski definition) is 25. The van der Waals surface area contributed by atoms with E-state index in [4.69, 9.17) is 42.6 Å². The van der Waals surface area contributed by atoms with E-state index in [2.05, 4.69) is 16.0 Å². The molecule has 0 spiro atoms. The van der Waals surface area contributed by atoms with Gasteiger partial charge >= 0.3 is 5.97 Å². The maximum Gasteiger partial charge on any atom is 0.335 e. The molecule has 3 amide bonds. The Morgan fingerprint density at radius 2 is 0.954 bits per heavy atom. The third kappa shape index (κ3) is 11.3. The first-order valence-corrected chi connectivity index (χ1v) is 20.4. The molecular formula is C36H59N3O26. The minimum Gasteiger partial charge on any atom is -0.479 e. The second kappa shape index (κ2) is 22.4. The topological polar surface area (TPSA) is 450 Å². The van der Waals surface area contributed by atoms with Gasteiger partial charge in [-0.05, 0) is 6.92 Å². The number of methoxy groups -OCH3 is 1. The number of aliphatic carboxylic acids is 1. The van der Waals surface area contributed by atoms with Gasteiger partial charge in [-0.1, -0.05) is 0 Å². The maximum atomic E-state index is 13.6. The summed E-state index contributed by atoms with van der Waals surface area (Å²) in [4.78, 5) is 50.9. The first-order valence-electron chi connectivity index (χ1n) is 20.4. The molecule has 5 heterocycles. The minimum absolute atomic E-state index is 0.609. The van der Waals surface area contributed by atoms with Gasteiger partial charge < -0.3 is 125 Å². The zero-order chi connectivity index (χ0) is 48.3. The van der Waals surface area contributed by atoms with Crippen molar-refractivity contribution in [3.05, 3.63) is 0 Å². The predicted octanol–water partition coefficient (Wildman–Crippen LogP) is -10.7. The molecule has 25 unspecified atom stereocenters. The zero-order valence-corrected chi connectivity index (χ0v) is 35.2. The van der Waals surface area contributed by atoms with E-state index in [1.54, 1.807) is 0 Å². The van der Waals surface area contributed by atoms with Crippen molar-refractivity contribution < 1.29 is 128 Å². The number of nitrogens with one attached hydrogen (secondary N) is 3. The standard InChI is InChI=1S/C36H59N3O26/c1-8-14(37-9(2)43)25(18(46)12(6-41)58-8)61-36-24(52)22(50)28(30(65-36)32(54)55)63-34-16(38-10(3)44)26(19(47)13(7-42)60-34)62-35-23(51)21(49)27(57-4)29(64-35)31(53)39-15-20(48)17(45)11(5-40)59-33(15)56/h8,11-30,33-36,40-42,45-52,56H,5-7H2,1-4H3,(H,37,43)(H,38,44)(H,39,53)(H,54,55). The van der Waals surface area contributed by atoms with Crippen molar-refractivity contribution in [2.75, 3.05) is 26.9 Å². The van der Waals surface area contributed by atoms with E-state index in [1.165, 1.54) is 6.92 Å². The molecule has 5 aliphatic heterocycles. The SMILES string of the molecule is COC1C(C(=O)NC2C(O)OC(CO)C(O)C2O)OC(OC2C(O)C(CO)OC(OC3C(C(=O)O)OC(OC4C(O)C(CO)OC(C)C4NC(C)=O)C(O)C3O)C2NC(C)=O)C(O)C1O. The summed E-state index contributed by atoms with van der Waals surface area (Å²) in [6, 6.07) is -4.76. The lowest BCUT2D eigenvalue weighted by molar-refractivity contribution is -0.366. The fourth-order valence-electron chi connectivity index (χ4n) is 8.30. The Morgan fingerprint density at radius 1 is 0.492 bits per heavy atom. The average Bonchev–Trinajstić information content (AvgIpc) is 3.25. The van der Waals surface area contributed by atoms with Gasteiger partial charge in [-0.2, -0.15) is 0 Å². The summed E-state index contributed by atoms with van der Waals surface area (Å²) in [5, 5.41) is 145. The van der Waals surface area contributed by atoms with E-state index in [-0.39, 0.29) is 0 Å². The number of aliphatic hydroxyl groups is 12. The van der Waals surface area contributed by atoms with Crippen LogP contribution < -0.4 is 16.0 Å². The molecule has 25 atom stereocenters. The molecule has 0 radical (unpaired) electrons. The number of ether oxygens (including phenoxy) is 9. The van der Waals surface area contributed by atoms with Crippen LogP contribution in [0.5, 0.6) is 0 Å². The minimum atomic E-state index is -2.29. The molecule has 0 aromatic heterocycles. The smallest absolute Gasteiger partial charge is 0.335 e. The molecule has 65 heavy (non-hydrogen) atoms. The second-order valence-electron chi connectivity index (χ2n) is 16.1. The van der Waals surface area contributed by atoms with Crippen molar-refractivity contribution >= 4 is 23.7 Å². The van der Waals surface area contributed by atoms with Gasteiger partial charge in [-0.3, -0.25) is 14.4 Å². The molecule has 0 aromatic carbocycles. The Bertz CT molecular complexity index is 1620. The highest BCUT2D eigenvalue weighted by molar-refractivity contribution is 5.82. The fourth-order valence-corrected chi connectivity index (χ4v) is 8.30. The van der Waals surface area contributed by atoms with Gasteiger partial charge in [0.05, 0.1) is 32.0 Å². The van der Waals surface area contributed by atoms with Crippen LogP contribution in [-0.4, -0.2) is 270 Å². The predicted molar refractivity (Wildman–Crippen MR) is 201 cm³/mol. The highest BCUT2D eigenvalue weighted by Gasteiger charge is 2.58. The number of hydrogen-bond donors (Lipinski definition) is 16. The first-order chi connectivity index (χ1) is 30.6. The van der Waals surface area contributed by atoms with Gasteiger partial charge in [0, 0.05) is 21.0 Å². The van der Waals surface area contributed by atoms with Crippen LogP contribution in [0.2, 0.25) is 0 Å². The summed E-state index contributed by atoms with van der Waals surface area (Å²) in [5.74, 6) is -4.60. The average molecular weight is 950 g/mol. The second-order valence-corrected chi connectivity index (χ2v) is 16.1. The molecule has 0 aromatic rings. The number of carbonyl (C=O) groups is 4. The van der Waals surface area contributed by atoms with Gasteiger partial charge in [-0.25, -0.2) is 4.79 Å². The molecule has 5 aliphatic rings. The van der Waals surface area contributed by atoms with E-state index >= 15 is 0 Å². The molecule has 0 bridgehead atoms. The number of aliphatic hydroxyl groups excluding tert-OH is 12. The summed E-state index contributed by atoms with van der Waals surface area (Å²) >= 11 is 0. The van der Waals surface area contributed by atoms with Gasteiger partial charge in [0.25, 0.3) is 5.91 Å². The van der Waals surface area contributed by atoms with Crippen molar-refractivity contribution in [1.29, 1.82) is 0 Å². The third-order valence-electron chi connectivity index (χ3n) is 11.7. The molecule has 5 saturated heterocycles. The van der Waals surface area contributed by atoms with E-state index in [1.807, 2.05) is 0 Å². The molecule has 374 valence electrons. The van der Waals surface area contributed by atoms with Crippen LogP contribution in [0.15, 0.2) is 0 Å². The van der Waals surface area contributed by atoms with Crippen molar-refractivity contribution in [3.8, 4) is 0 Å². The van der Waals surface area contributed by atoms with E-state index in [9.17, 15) is 85.6 Å². The first kappa shape index (κ1) is 53.0. The summed E-state index contributed by atoms with van der Waals surface area (Å²) in [7, 11) is 1.01. The summed E-state index contributed by atoms with van der Waals surface area (Å²) in [5.41, 5.74) is 0. The molecule has 29 nitrogen and oxygen atoms in total. The zero-order valence-electron chi connectivity index (χ0n) is 35.2. The van der Waals surface area contributed by atoms with Gasteiger partial charge in [0.15, 0.2) is 37.4 Å². The van der Waals surface area contributed by atoms with Gasteiger partial charge in [-0.15, -0.1) is 0 Å². The third-order valence-corrected chi connectivity index (χ3v) is 11.7. The van der Waals surface area contributed by atoms with Crippen LogP contribution in [0.4, 0.5) is 0 Å². The lowest BCUT2D eigenvalue weighted by atomic mass is 9.92. The number of carboxylic acid groups (broad SMARTS) is 1. The normalized spacial score (nSPS) is 47.0. The monoisotopic (exact) mass is 949 g/mol. The van der Waals surface area contributed by atoms with Gasteiger partial charge in [0.1, 0.15) is 104 Å². The summed E-state index contributed by atoms with van der Waals surface area (Å²) in [6.45, 7) is 0.990. The highest BCUT2D eigenvalue weighted by atomic mass is 16.8. The quantitative estimate of drug-likeness (QED) is 0.0725. The van der Waals surface area contributed by atoms with E-state index in [0.29, 0.717) is 0 Å². The van der Waals surface area contributed by atoms with Crippen LogP contribution in [-0.2, 0) is 61.8 Å². The summed E-state index contributed by atoms with van der Waals surface area (Å²) in [6.07, 6.45) is -41.5. The Hall–Kier alpha value is -2.96. The van der Waals surface area contributed by atoms with Crippen molar-refractivity contribution in [2.45, 2.75) is 174 Å². The van der Waals surface area contributed by atoms with Crippen LogP contribution in [0.25, 0.3) is 0 Å². The molecule has 0 saturated carbocycles. The van der Waals surface area contributed by atoms with E-state index in [0.717, 1.165) is 21.0 Å². The molecular weight excluding hydrogens is 890 g/mol. The number of carboxylic acids is 1. The van der Waals surface area contributed by atoms with Gasteiger partial charge in [0.2, 0.25) is 11.8 Å². The van der Waals surface area contributed by atoms with Crippen LogP contribution >= 0.6 is 0 Å². The molecule has 0 aliphatic carbocycles. The number of rotatable bonds is 15. The maximum absolute atomic E-state index is 13.6. The fraction of sp³-hybridized carbons (Fsp3) is 0.889. The lowest BCUT2D eigenvalue weighted by Crippen LogP contribution is -2.71. The molecule has 5 rings (SSSR count).